The van der Waals surface area contributed by atoms with E-state index >= 15 is 0 Å². The molecule has 5 nitrogen and oxygen atoms in total. The molecule has 94 valence electrons. The molecule has 0 bridgehead atoms. The van der Waals surface area contributed by atoms with Gasteiger partial charge in [-0.3, -0.25) is 9.59 Å². The zero-order chi connectivity index (χ0) is 13.5. The second kappa shape index (κ2) is 6.40. The van der Waals surface area contributed by atoms with Crippen LogP contribution in [-0.4, -0.2) is 11.8 Å². The SMILES string of the molecule is CC(C)C(=O)Nc1ccc(NC(=O)CC#N)cc1. The van der Waals surface area contributed by atoms with Crippen LogP contribution in [0.2, 0.25) is 0 Å². The Kier molecular flexibility index (Phi) is 4.88. The number of carbonyl (C=O) groups is 2. The fraction of sp³-hybridized carbons (Fsp3) is 0.308. The smallest absolute Gasteiger partial charge is 0.238 e. The number of hydrogen-bond acceptors (Lipinski definition) is 3. The molecule has 0 aliphatic carbocycles. The molecule has 5 heteroatoms. The average molecular weight is 245 g/mol. The minimum Gasteiger partial charge on any atom is -0.326 e. The van der Waals surface area contributed by atoms with Crippen LogP contribution in [0.4, 0.5) is 11.4 Å². The van der Waals surface area contributed by atoms with Gasteiger partial charge in [0.25, 0.3) is 0 Å². The van der Waals surface area contributed by atoms with E-state index in [1.165, 1.54) is 0 Å². The zero-order valence-electron chi connectivity index (χ0n) is 10.4. The maximum atomic E-state index is 11.4. The maximum absolute atomic E-state index is 11.4. The van der Waals surface area contributed by atoms with Crippen molar-refractivity contribution in [3.05, 3.63) is 24.3 Å². The lowest BCUT2D eigenvalue weighted by atomic mass is 10.2. The lowest BCUT2D eigenvalue weighted by molar-refractivity contribution is -0.119. The number of anilines is 2. The molecule has 0 saturated heterocycles. The van der Waals surface area contributed by atoms with Crippen LogP contribution in [0.15, 0.2) is 24.3 Å². The molecule has 0 heterocycles. The lowest BCUT2D eigenvalue weighted by Crippen LogP contribution is -2.17. The molecule has 0 saturated carbocycles. The van der Waals surface area contributed by atoms with Crippen LogP contribution < -0.4 is 10.6 Å². The Morgan fingerprint density at radius 2 is 1.67 bits per heavy atom. The first-order valence-electron chi connectivity index (χ1n) is 5.60. The van der Waals surface area contributed by atoms with Crippen molar-refractivity contribution in [2.45, 2.75) is 20.3 Å². The highest BCUT2D eigenvalue weighted by atomic mass is 16.2. The topological polar surface area (TPSA) is 82.0 Å². The van der Waals surface area contributed by atoms with Gasteiger partial charge in [-0.25, -0.2) is 0 Å². The molecule has 0 spiro atoms. The number of carbonyl (C=O) groups excluding carboxylic acids is 2. The van der Waals surface area contributed by atoms with Crippen molar-refractivity contribution in [3.63, 3.8) is 0 Å². The first kappa shape index (κ1) is 13.7. The van der Waals surface area contributed by atoms with Gasteiger partial charge in [-0.2, -0.15) is 5.26 Å². The van der Waals surface area contributed by atoms with Crippen molar-refractivity contribution >= 4 is 23.2 Å². The summed E-state index contributed by atoms with van der Waals surface area (Å²) in [5.74, 6) is -0.493. The second-order valence-corrected chi connectivity index (χ2v) is 4.10. The molecule has 0 aliphatic heterocycles. The van der Waals surface area contributed by atoms with Crippen LogP contribution in [0.1, 0.15) is 20.3 Å². The van der Waals surface area contributed by atoms with E-state index in [-0.39, 0.29) is 24.2 Å². The highest BCUT2D eigenvalue weighted by Crippen LogP contribution is 2.14. The number of hydrogen-bond donors (Lipinski definition) is 2. The van der Waals surface area contributed by atoms with Gasteiger partial charge >= 0.3 is 0 Å². The standard InChI is InChI=1S/C13H15N3O2/c1-9(2)13(18)16-11-5-3-10(4-6-11)15-12(17)7-8-14/h3-6,9H,7H2,1-2H3,(H,15,17)(H,16,18). The van der Waals surface area contributed by atoms with E-state index in [9.17, 15) is 9.59 Å². The first-order chi connectivity index (χ1) is 8.52. The van der Waals surface area contributed by atoms with Crippen molar-refractivity contribution in [1.29, 1.82) is 5.26 Å². The third kappa shape index (κ3) is 4.26. The number of rotatable bonds is 4. The number of amides is 2. The number of nitriles is 1. The minimum absolute atomic E-state index is 0.0590. The molecule has 2 N–H and O–H groups in total. The second-order valence-electron chi connectivity index (χ2n) is 4.10. The first-order valence-corrected chi connectivity index (χ1v) is 5.60. The van der Waals surface area contributed by atoms with Crippen LogP contribution in [0.5, 0.6) is 0 Å². The Morgan fingerprint density at radius 1 is 1.17 bits per heavy atom. The predicted molar refractivity (Wildman–Crippen MR) is 68.8 cm³/mol. The van der Waals surface area contributed by atoms with Crippen LogP contribution in [0.25, 0.3) is 0 Å². The third-order valence-electron chi connectivity index (χ3n) is 2.20. The lowest BCUT2D eigenvalue weighted by Gasteiger charge is -2.08. The van der Waals surface area contributed by atoms with Gasteiger partial charge in [0.15, 0.2) is 0 Å². The molecule has 0 atom stereocenters. The number of nitrogens with one attached hydrogen (secondary N) is 2. The van der Waals surface area contributed by atoms with E-state index in [0.717, 1.165) is 0 Å². The van der Waals surface area contributed by atoms with Crippen molar-refractivity contribution in [3.8, 4) is 6.07 Å². The van der Waals surface area contributed by atoms with Crippen LogP contribution >= 0.6 is 0 Å². The summed E-state index contributed by atoms with van der Waals surface area (Å²) in [7, 11) is 0. The molecule has 2 amide bonds. The Bertz CT molecular complexity index is 472. The van der Waals surface area contributed by atoms with Crippen molar-refractivity contribution in [1.82, 2.24) is 0 Å². The molecular weight excluding hydrogens is 230 g/mol. The zero-order valence-corrected chi connectivity index (χ0v) is 10.4. The summed E-state index contributed by atoms with van der Waals surface area (Å²) in [5, 5.41) is 13.7. The predicted octanol–water partition coefficient (Wildman–Crippen LogP) is 2.13. The van der Waals surface area contributed by atoms with E-state index in [2.05, 4.69) is 10.6 Å². The Balaban J connectivity index is 2.61. The summed E-state index contributed by atoms with van der Waals surface area (Å²) >= 11 is 0. The van der Waals surface area contributed by atoms with Gasteiger partial charge in [-0.15, -0.1) is 0 Å². The summed E-state index contributed by atoms with van der Waals surface area (Å²) in [5.41, 5.74) is 1.27. The summed E-state index contributed by atoms with van der Waals surface area (Å²) in [6.07, 6.45) is -0.175. The van der Waals surface area contributed by atoms with E-state index in [1.807, 2.05) is 13.8 Å². The van der Waals surface area contributed by atoms with E-state index < -0.39 is 0 Å². The highest BCUT2D eigenvalue weighted by molar-refractivity contribution is 5.94. The van der Waals surface area contributed by atoms with Crippen molar-refractivity contribution < 1.29 is 9.59 Å². The van der Waals surface area contributed by atoms with Crippen LogP contribution in [0, 0.1) is 17.2 Å². The monoisotopic (exact) mass is 245 g/mol. The molecule has 1 aromatic carbocycles. The van der Waals surface area contributed by atoms with E-state index in [1.54, 1.807) is 30.3 Å². The Morgan fingerprint density at radius 3 is 2.11 bits per heavy atom. The molecule has 0 radical (unpaired) electrons. The molecule has 0 unspecified atom stereocenters. The fourth-order valence-electron chi connectivity index (χ4n) is 1.20. The highest BCUT2D eigenvalue weighted by Gasteiger charge is 2.07. The largest absolute Gasteiger partial charge is 0.326 e. The number of nitrogens with zero attached hydrogens (tertiary/aromatic N) is 1. The summed E-state index contributed by atoms with van der Waals surface area (Å²) in [6, 6.07) is 8.51. The van der Waals surface area contributed by atoms with Gasteiger partial charge in [0.05, 0.1) is 6.07 Å². The molecule has 0 aliphatic rings. The Hall–Kier alpha value is -2.35. The van der Waals surface area contributed by atoms with E-state index in [0.29, 0.717) is 11.4 Å². The van der Waals surface area contributed by atoms with E-state index in [4.69, 9.17) is 5.26 Å². The summed E-state index contributed by atoms with van der Waals surface area (Å²) in [6.45, 7) is 3.62. The molecule has 18 heavy (non-hydrogen) atoms. The summed E-state index contributed by atoms with van der Waals surface area (Å²) < 4.78 is 0. The molecule has 1 aromatic rings. The molecule has 0 fully saturated rings. The third-order valence-corrected chi connectivity index (χ3v) is 2.20. The molecule has 0 aromatic heterocycles. The minimum atomic E-state index is -0.350. The van der Waals surface area contributed by atoms with Crippen molar-refractivity contribution in [2.75, 3.05) is 10.6 Å². The molecule has 1 rings (SSSR count). The Labute approximate surface area is 106 Å². The molecular formula is C13H15N3O2. The normalized spacial score (nSPS) is 9.67. The van der Waals surface area contributed by atoms with Crippen LogP contribution in [0.3, 0.4) is 0 Å². The fourth-order valence-corrected chi connectivity index (χ4v) is 1.20. The van der Waals surface area contributed by atoms with Gasteiger partial charge in [-0.05, 0) is 24.3 Å². The summed E-state index contributed by atoms with van der Waals surface area (Å²) in [4.78, 5) is 22.6. The van der Waals surface area contributed by atoms with Gasteiger partial charge in [0.2, 0.25) is 11.8 Å². The van der Waals surface area contributed by atoms with Crippen molar-refractivity contribution in [2.24, 2.45) is 5.92 Å². The maximum Gasteiger partial charge on any atom is 0.238 e. The van der Waals surface area contributed by atoms with Crippen LogP contribution in [-0.2, 0) is 9.59 Å². The van der Waals surface area contributed by atoms with Gasteiger partial charge in [0.1, 0.15) is 6.42 Å². The number of benzene rings is 1. The van der Waals surface area contributed by atoms with Gasteiger partial charge in [0, 0.05) is 17.3 Å². The average Bonchev–Trinajstić information content (AvgIpc) is 2.31. The van der Waals surface area contributed by atoms with Gasteiger partial charge in [-0.1, -0.05) is 13.8 Å². The van der Waals surface area contributed by atoms with Gasteiger partial charge < -0.3 is 10.6 Å². The quantitative estimate of drug-likeness (QED) is 0.852.